The van der Waals surface area contributed by atoms with Crippen LogP contribution in [0.25, 0.3) is 11.3 Å². The maximum atomic E-state index is 13.2. The summed E-state index contributed by atoms with van der Waals surface area (Å²) in [4.78, 5) is 27.9. The average Bonchev–Trinajstić information content (AvgIpc) is 3.35. The zero-order chi connectivity index (χ0) is 24.1. The van der Waals surface area contributed by atoms with Gasteiger partial charge >= 0.3 is 6.09 Å². The Hall–Kier alpha value is -3.54. The monoisotopic (exact) mass is 460 g/mol. The number of furan rings is 1. The van der Waals surface area contributed by atoms with Crippen molar-refractivity contribution >= 4 is 23.3 Å². The zero-order valence-electron chi connectivity index (χ0n) is 20.1. The molecule has 2 aromatic carbocycles. The second kappa shape index (κ2) is 10.2. The molecule has 0 bridgehead atoms. The number of carbonyl (C=O) groups is 2. The molecule has 0 radical (unpaired) electrons. The smallest absolute Gasteiger partial charge is 0.412 e. The minimum absolute atomic E-state index is 0.0194. The number of piperidine rings is 1. The van der Waals surface area contributed by atoms with Crippen LogP contribution in [-0.4, -0.2) is 30.6 Å². The van der Waals surface area contributed by atoms with E-state index >= 15 is 0 Å². The molecule has 3 aromatic rings. The number of ether oxygens (including phenoxy) is 1. The van der Waals surface area contributed by atoms with Crippen LogP contribution in [0.2, 0.25) is 0 Å². The maximum absolute atomic E-state index is 13.2. The van der Waals surface area contributed by atoms with Gasteiger partial charge in [-0.25, -0.2) is 4.79 Å². The van der Waals surface area contributed by atoms with Crippen molar-refractivity contribution in [1.29, 1.82) is 0 Å². The van der Waals surface area contributed by atoms with Crippen molar-refractivity contribution in [3.8, 4) is 11.3 Å². The summed E-state index contributed by atoms with van der Waals surface area (Å²) in [6.45, 7) is 7.55. The van der Waals surface area contributed by atoms with Crippen molar-refractivity contribution in [1.82, 2.24) is 0 Å². The van der Waals surface area contributed by atoms with Gasteiger partial charge in [-0.05, 0) is 100 Å². The number of nitrogens with one attached hydrogen (secondary N) is 1. The lowest BCUT2D eigenvalue weighted by atomic mass is 9.98. The Kier molecular flexibility index (Phi) is 7.06. The molecule has 0 atom stereocenters. The SMILES string of the molecule is CC(C)(C)OC(=O)Nc1ccc(-c2ccco2)cc1CC(=O)c1ccc(N2CCCCC2)cc1. The van der Waals surface area contributed by atoms with Crippen LogP contribution in [0.3, 0.4) is 0 Å². The van der Waals surface area contributed by atoms with Crippen molar-refractivity contribution in [3.05, 3.63) is 72.0 Å². The van der Waals surface area contributed by atoms with Crippen molar-refractivity contribution in [3.63, 3.8) is 0 Å². The summed E-state index contributed by atoms with van der Waals surface area (Å²) in [5.41, 5.74) is 3.26. The largest absolute Gasteiger partial charge is 0.464 e. The van der Waals surface area contributed by atoms with E-state index in [9.17, 15) is 9.59 Å². The standard InChI is InChI=1S/C28H32N2O4/c1-28(2,3)34-27(32)29-24-14-11-21(26-8-7-17-33-26)18-22(24)19-25(31)20-9-12-23(13-10-20)30-15-5-4-6-16-30/h7-14,17-18H,4-6,15-16,19H2,1-3H3,(H,29,32). The first-order valence-electron chi connectivity index (χ1n) is 11.8. The number of Topliss-reactive ketones (excluding diaryl/α,β-unsaturated/α-hetero) is 1. The first kappa shape index (κ1) is 23.6. The quantitative estimate of drug-likeness (QED) is 0.414. The molecular formula is C28H32N2O4. The van der Waals surface area contributed by atoms with Crippen molar-refractivity contribution in [2.45, 2.75) is 52.1 Å². The number of benzene rings is 2. The van der Waals surface area contributed by atoms with E-state index in [1.54, 1.807) is 12.3 Å². The molecule has 1 fully saturated rings. The molecule has 1 N–H and O–H groups in total. The third-order valence-corrected chi connectivity index (χ3v) is 5.81. The zero-order valence-corrected chi connectivity index (χ0v) is 20.1. The first-order valence-corrected chi connectivity index (χ1v) is 11.8. The maximum Gasteiger partial charge on any atom is 0.412 e. The molecule has 6 nitrogen and oxygen atoms in total. The predicted octanol–water partition coefficient (Wildman–Crippen LogP) is 6.71. The molecule has 1 aliphatic heterocycles. The van der Waals surface area contributed by atoms with E-state index < -0.39 is 11.7 Å². The molecule has 4 rings (SSSR count). The lowest BCUT2D eigenvalue weighted by Gasteiger charge is -2.28. The molecule has 0 spiro atoms. The molecule has 34 heavy (non-hydrogen) atoms. The number of anilines is 2. The van der Waals surface area contributed by atoms with E-state index in [0.717, 1.165) is 24.3 Å². The minimum Gasteiger partial charge on any atom is -0.464 e. The van der Waals surface area contributed by atoms with Crippen LogP contribution in [0.4, 0.5) is 16.2 Å². The predicted molar refractivity (Wildman–Crippen MR) is 135 cm³/mol. The number of nitrogens with zero attached hydrogens (tertiary/aromatic N) is 1. The molecule has 1 aliphatic rings. The van der Waals surface area contributed by atoms with Gasteiger partial charge < -0.3 is 14.1 Å². The lowest BCUT2D eigenvalue weighted by molar-refractivity contribution is 0.0635. The Bertz CT molecular complexity index is 1120. The average molecular weight is 461 g/mol. The van der Waals surface area contributed by atoms with Gasteiger partial charge in [0.2, 0.25) is 0 Å². The summed E-state index contributed by atoms with van der Waals surface area (Å²) < 4.78 is 10.9. The molecule has 2 heterocycles. The summed E-state index contributed by atoms with van der Waals surface area (Å²) >= 11 is 0. The summed E-state index contributed by atoms with van der Waals surface area (Å²) in [5, 5.41) is 2.80. The van der Waals surface area contributed by atoms with E-state index in [2.05, 4.69) is 10.2 Å². The number of rotatable bonds is 6. The molecule has 0 unspecified atom stereocenters. The van der Waals surface area contributed by atoms with Gasteiger partial charge in [0, 0.05) is 42.0 Å². The number of hydrogen-bond donors (Lipinski definition) is 1. The van der Waals surface area contributed by atoms with E-state index in [-0.39, 0.29) is 12.2 Å². The summed E-state index contributed by atoms with van der Waals surface area (Å²) in [5.74, 6) is 0.678. The third-order valence-electron chi connectivity index (χ3n) is 5.81. The molecule has 178 valence electrons. The van der Waals surface area contributed by atoms with Crippen LogP contribution in [-0.2, 0) is 11.2 Å². The molecule has 1 saturated heterocycles. The van der Waals surface area contributed by atoms with Gasteiger partial charge in [-0.3, -0.25) is 10.1 Å². The highest BCUT2D eigenvalue weighted by atomic mass is 16.6. The van der Waals surface area contributed by atoms with E-state index in [1.807, 2.05) is 69.3 Å². The van der Waals surface area contributed by atoms with Gasteiger partial charge in [-0.2, -0.15) is 0 Å². The fraction of sp³-hybridized carbons (Fsp3) is 0.357. The molecule has 1 amide bonds. The van der Waals surface area contributed by atoms with Gasteiger partial charge in [0.1, 0.15) is 11.4 Å². The Morgan fingerprint density at radius 3 is 2.38 bits per heavy atom. The van der Waals surface area contributed by atoms with E-state index in [1.165, 1.54) is 19.3 Å². The van der Waals surface area contributed by atoms with Crippen LogP contribution in [0.5, 0.6) is 0 Å². The minimum atomic E-state index is -0.621. The van der Waals surface area contributed by atoms with Gasteiger partial charge in [0.05, 0.1) is 6.26 Å². The normalized spacial score (nSPS) is 14.0. The lowest BCUT2D eigenvalue weighted by Crippen LogP contribution is -2.29. The number of carbonyl (C=O) groups excluding carboxylic acids is 2. The number of ketones is 1. The Morgan fingerprint density at radius 2 is 1.74 bits per heavy atom. The fourth-order valence-corrected chi connectivity index (χ4v) is 4.16. The highest BCUT2D eigenvalue weighted by Gasteiger charge is 2.19. The van der Waals surface area contributed by atoms with Crippen molar-refractivity contribution in [2.24, 2.45) is 0 Å². The van der Waals surface area contributed by atoms with Crippen LogP contribution < -0.4 is 10.2 Å². The molecule has 1 aromatic heterocycles. The van der Waals surface area contributed by atoms with E-state index in [0.29, 0.717) is 22.6 Å². The van der Waals surface area contributed by atoms with Gasteiger partial charge in [0.15, 0.2) is 5.78 Å². The first-order chi connectivity index (χ1) is 16.3. The summed E-state index contributed by atoms with van der Waals surface area (Å²) in [7, 11) is 0. The number of amides is 1. The second-order valence-corrected chi connectivity index (χ2v) is 9.67. The third kappa shape index (κ3) is 6.07. The van der Waals surface area contributed by atoms with Crippen LogP contribution in [0, 0.1) is 0 Å². The Morgan fingerprint density at radius 1 is 1.00 bits per heavy atom. The topological polar surface area (TPSA) is 71.8 Å². The van der Waals surface area contributed by atoms with Crippen LogP contribution in [0.1, 0.15) is 56.0 Å². The Labute approximate surface area is 200 Å². The highest BCUT2D eigenvalue weighted by Crippen LogP contribution is 2.28. The molecule has 6 heteroatoms. The van der Waals surface area contributed by atoms with Gasteiger partial charge in [0.25, 0.3) is 0 Å². The van der Waals surface area contributed by atoms with Crippen molar-refractivity contribution < 1.29 is 18.7 Å². The number of hydrogen-bond acceptors (Lipinski definition) is 5. The highest BCUT2D eigenvalue weighted by molar-refractivity contribution is 5.99. The van der Waals surface area contributed by atoms with Crippen molar-refractivity contribution in [2.75, 3.05) is 23.3 Å². The van der Waals surface area contributed by atoms with Gasteiger partial charge in [-0.1, -0.05) is 0 Å². The summed E-state index contributed by atoms with van der Waals surface area (Å²) in [6.07, 6.45) is 4.89. The van der Waals surface area contributed by atoms with Crippen LogP contribution >= 0.6 is 0 Å². The van der Waals surface area contributed by atoms with E-state index in [4.69, 9.17) is 9.15 Å². The second-order valence-electron chi connectivity index (χ2n) is 9.67. The molecule has 0 saturated carbocycles. The Balaban J connectivity index is 1.55. The fourth-order valence-electron chi connectivity index (χ4n) is 4.16. The summed E-state index contributed by atoms with van der Waals surface area (Å²) in [6, 6.07) is 17.0. The van der Waals surface area contributed by atoms with Crippen LogP contribution in [0.15, 0.2) is 65.3 Å². The van der Waals surface area contributed by atoms with Gasteiger partial charge in [-0.15, -0.1) is 0 Å². The molecular weight excluding hydrogens is 428 g/mol. The molecule has 0 aliphatic carbocycles.